The Bertz CT molecular complexity index is 866. The summed E-state index contributed by atoms with van der Waals surface area (Å²) in [5, 5.41) is 14.2. The van der Waals surface area contributed by atoms with Gasteiger partial charge in [-0.25, -0.2) is 0 Å². The minimum absolute atomic E-state index is 0.176. The molecule has 3 rings (SSSR count). The quantitative estimate of drug-likeness (QED) is 0.440. The van der Waals surface area contributed by atoms with Crippen LogP contribution in [0.3, 0.4) is 0 Å². The van der Waals surface area contributed by atoms with Gasteiger partial charge in [-0.05, 0) is 32.9 Å². The van der Waals surface area contributed by atoms with Crippen LogP contribution in [0.4, 0.5) is 11.6 Å². The highest BCUT2D eigenvalue weighted by Crippen LogP contribution is 2.20. The van der Waals surface area contributed by atoms with Gasteiger partial charge >= 0.3 is 6.01 Å². The Morgan fingerprint density at radius 2 is 2.00 bits per heavy atom. The first-order chi connectivity index (χ1) is 15.1. The summed E-state index contributed by atoms with van der Waals surface area (Å²) in [6.07, 6.45) is 1.57. The number of phenolic OH excluding ortho intramolecular Hbond substituents is 1. The average Bonchev–Trinajstić information content (AvgIpc) is 2.78. The van der Waals surface area contributed by atoms with Crippen LogP contribution in [0.2, 0.25) is 0 Å². The molecule has 0 atom stereocenters. The van der Waals surface area contributed by atoms with Gasteiger partial charge in [0.2, 0.25) is 0 Å². The van der Waals surface area contributed by atoms with Crippen LogP contribution >= 0.6 is 0 Å². The molecule has 0 amide bonds. The highest BCUT2D eigenvalue weighted by molar-refractivity contribution is 5.84. The summed E-state index contributed by atoms with van der Waals surface area (Å²) in [7, 11) is 0. The van der Waals surface area contributed by atoms with Gasteiger partial charge in [0.15, 0.2) is 5.82 Å². The van der Waals surface area contributed by atoms with Crippen LogP contribution in [0.5, 0.6) is 11.8 Å². The Kier molecular flexibility index (Phi) is 8.43. The number of aromatic nitrogens is 2. The number of anilines is 2. The Labute approximate surface area is 183 Å². The molecule has 1 aromatic carbocycles. The summed E-state index contributed by atoms with van der Waals surface area (Å²) in [6.45, 7) is 12.4. The summed E-state index contributed by atoms with van der Waals surface area (Å²) < 4.78 is 11.2. The van der Waals surface area contributed by atoms with Crippen LogP contribution in [0.15, 0.2) is 29.4 Å². The molecule has 0 saturated carbocycles. The third kappa shape index (κ3) is 6.80. The van der Waals surface area contributed by atoms with E-state index in [0.29, 0.717) is 24.0 Å². The monoisotopic (exact) mass is 428 g/mol. The molecule has 1 aliphatic rings. The Hall–Kier alpha value is -2.91. The molecule has 1 aromatic heterocycles. The lowest BCUT2D eigenvalue weighted by atomic mass is 10.1. The molecule has 9 heteroatoms. The molecule has 31 heavy (non-hydrogen) atoms. The van der Waals surface area contributed by atoms with Gasteiger partial charge in [0.1, 0.15) is 18.2 Å². The smallest absolute Gasteiger partial charge is 0.320 e. The maximum Gasteiger partial charge on any atom is 0.320 e. The lowest BCUT2D eigenvalue weighted by Gasteiger charge is -2.26. The maximum absolute atomic E-state index is 9.98. The topological polar surface area (TPSA) is 95.3 Å². The molecule has 0 aliphatic carbocycles. The second-order valence-electron chi connectivity index (χ2n) is 7.30. The van der Waals surface area contributed by atoms with Crippen molar-refractivity contribution in [2.24, 2.45) is 5.10 Å². The van der Waals surface area contributed by atoms with Crippen molar-refractivity contribution < 1.29 is 14.6 Å². The third-order valence-corrected chi connectivity index (χ3v) is 5.09. The second-order valence-corrected chi connectivity index (χ2v) is 7.30. The van der Waals surface area contributed by atoms with E-state index in [0.717, 1.165) is 57.3 Å². The number of hydrogen-bond acceptors (Lipinski definition) is 9. The van der Waals surface area contributed by atoms with E-state index in [4.69, 9.17) is 9.47 Å². The minimum Gasteiger partial charge on any atom is -0.507 e. The molecule has 1 fully saturated rings. The lowest BCUT2D eigenvalue weighted by molar-refractivity contribution is 0.0317. The Balaban J connectivity index is 1.70. The lowest BCUT2D eigenvalue weighted by Crippen LogP contribution is -2.38. The van der Waals surface area contributed by atoms with Crippen LogP contribution < -0.4 is 15.1 Å². The van der Waals surface area contributed by atoms with E-state index in [1.165, 1.54) is 0 Å². The zero-order chi connectivity index (χ0) is 22.1. The zero-order valence-corrected chi connectivity index (χ0v) is 18.5. The molecule has 2 N–H and O–H groups in total. The summed E-state index contributed by atoms with van der Waals surface area (Å²) in [4.78, 5) is 13.4. The Morgan fingerprint density at radius 3 is 2.74 bits per heavy atom. The summed E-state index contributed by atoms with van der Waals surface area (Å²) >= 11 is 0. The number of nitrogens with one attached hydrogen (secondary N) is 1. The number of phenols is 1. The molecule has 9 nitrogen and oxygen atoms in total. The van der Waals surface area contributed by atoms with E-state index in [2.05, 4.69) is 44.1 Å². The highest BCUT2D eigenvalue weighted by atomic mass is 16.5. The van der Waals surface area contributed by atoms with E-state index < -0.39 is 0 Å². The molecule has 0 unspecified atom stereocenters. The molecule has 2 aromatic rings. The summed E-state index contributed by atoms with van der Waals surface area (Å²) in [6, 6.07) is 7.52. The van der Waals surface area contributed by atoms with Crippen molar-refractivity contribution >= 4 is 17.9 Å². The van der Waals surface area contributed by atoms with Gasteiger partial charge in [0.25, 0.3) is 0 Å². The predicted molar refractivity (Wildman–Crippen MR) is 122 cm³/mol. The van der Waals surface area contributed by atoms with Crippen LogP contribution in [-0.2, 0) is 4.74 Å². The molecular weight excluding hydrogens is 396 g/mol. The molecule has 168 valence electrons. The Morgan fingerprint density at radius 1 is 1.23 bits per heavy atom. The number of aryl methyl sites for hydroxylation is 1. The average molecular weight is 429 g/mol. The van der Waals surface area contributed by atoms with Crippen molar-refractivity contribution in [1.82, 2.24) is 14.9 Å². The normalized spacial score (nSPS) is 14.7. The summed E-state index contributed by atoms with van der Waals surface area (Å²) in [5.41, 5.74) is 4.61. The number of aromatic hydroxyl groups is 1. The van der Waals surface area contributed by atoms with E-state index in [9.17, 15) is 5.11 Å². The van der Waals surface area contributed by atoms with E-state index >= 15 is 0 Å². The van der Waals surface area contributed by atoms with Crippen molar-refractivity contribution in [3.63, 3.8) is 0 Å². The number of ether oxygens (including phenoxy) is 2. The van der Waals surface area contributed by atoms with Gasteiger partial charge in [-0.1, -0.05) is 11.6 Å². The molecule has 0 radical (unpaired) electrons. The third-order valence-electron chi connectivity index (χ3n) is 5.09. The van der Waals surface area contributed by atoms with Crippen molar-refractivity contribution in [2.45, 2.75) is 20.8 Å². The van der Waals surface area contributed by atoms with Crippen LogP contribution in [-0.4, -0.2) is 78.7 Å². The standard InChI is InChI=1S/C22H32N6O3/c1-4-28(5-2)21-15-20(26-23-16-18-14-17(3)6-7-19(18)29)24-22(25-21)31-13-10-27-8-11-30-12-9-27/h6-7,14-16,29H,4-5,8-13H2,1-3H3,(H,24,25,26)/b23-16+. The van der Waals surface area contributed by atoms with E-state index in [1.54, 1.807) is 12.3 Å². The van der Waals surface area contributed by atoms with Crippen LogP contribution in [0, 0.1) is 6.92 Å². The van der Waals surface area contributed by atoms with Gasteiger partial charge < -0.3 is 19.5 Å². The highest BCUT2D eigenvalue weighted by Gasteiger charge is 2.13. The van der Waals surface area contributed by atoms with E-state index in [1.807, 2.05) is 25.1 Å². The SMILES string of the molecule is CCN(CC)c1cc(N/N=C/c2cc(C)ccc2O)nc(OCCN2CCOCC2)n1. The number of benzene rings is 1. The van der Waals surface area contributed by atoms with Crippen LogP contribution in [0.1, 0.15) is 25.0 Å². The fourth-order valence-electron chi connectivity index (χ4n) is 3.28. The summed E-state index contributed by atoms with van der Waals surface area (Å²) in [5.74, 6) is 1.48. The van der Waals surface area contributed by atoms with E-state index in [-0.39, 0.29) is 5.75 Å². The first kappa shape index (κ1) is 22.8. The predicted octanol–water partition coefficient (Wildman–Crippen LogP) is 2.49. The van der Waals surface area contributed by atoms with Crippen molar-refractivity contribution in [3.05, 3.63) is 35.4 Å². The first-order valence-corrected chi connectivity index (χ1v) is 10.7. The molecule has 2 heterocycles. The van der Waals surface area contributed by atoms with Crippen molar-refractivity contribution in [2.75, 3.05) is 62.9 Å². The largest absolute Gasteiger partial charge is 0.507 e. The fraction of sp³-hybridized carbons (Fsp3) is 0.500. The molecule has 0 bridgehead atoms. The fourth-order valence-corrected chi connectivity index (χ4v) is 3.28. The van der Waals surface area contributed by atoms with Gasteiger partial charge in [0, 0.05) is 44.4 Å². The molecule has 0 spiro atoms. The molecule has 1 aliphatic heterocycles. The number of nitrogens with zero attached hydrogens (tertiary/aromatic N) is 5. The number of morpholine rings is 1. The first-order valence-electron chi connectivity index (χ1n) is 10.7. The van der Waals surface area contributed by atoms with Gasteiger partial charge in [-0.3, -0.25) is 10.3 Å². The van der Waals surface area contributed by atoms with Gasteiger partial charge in [0.05, 0.1) is 19.4 Å². The number of hydrogen-bond donors (Lipinski definition) is 2. The van der Waals surface area contributed by atoms with Crippen molar-refractivity contribution in [1.29, 1.82) is 0 Å². The molecule has 1 saturated heterocycles. The molecular formula is C22H32N6O3. The van der Waals surface area contributed by atoms with Crippen LogP contribution in [0.25, 0.3) is 0 Å². The second kappa shape index (κ2) is 11.5. The number of rotatable bonds is 10. The van der Waals surface area contributed by atoms with Gasteiger partial charge in [-0.2, -0.15) is 15.1 Å². The maximum atomic E-state index is 9.98. The zero-order valence-electron chi connectivity index (χ0n) is 18.5. The number of hydrazone groups is 1. The minimum atomic E-state index is 0.176. The van der Waals surface area contributed by atoms with Gasteiger partial charge in [-0.15, -0.1) is 0 Å². The van der Waals surface area contributed by atoms with Crippen molar-refractivity contribution in [3.8, 4) is 11.8 Å².